The van der Waals surface area contributed by atoms with Gasteiger partial charge in [-0.3, -0.25) is 4.98 Å². The number of hydrogen-bond donors (Lipinski definition) is 0. The molecular formula is C22H19F2N5O. The van der Waals surface area contributed by atoms with E-state index in [1.807, 2.05) is 43.3 Å². The lowest BCUT2D eigenvalue weighted by Crippen LogP contribution is -2.34. The Labute approximate surface area is 171 Å². The van der Waals surface area contributed by atoms with E-state index < -0.39 is 6.61 Å². The number of aryl methyl sites for hydroxylation is 1. The zero-order valence-corrected chi connectivity index (χ0v) is 16.3. The molecule has 0 amide bonds. The van der Waals surface area contributed by atoms with Crippen LogP contribution in [-0.4, -0.2) is 32.9 Å². The summed E-state index contributed by atoms with van der Waals surface area (Å²) in [5.74, 6) is 1.84. The van der Waals surface area contributed by atoms with Gasteiger partial charge >= 0.3 is 6.61 Å². The van der Waals surface area contributed by atoms with Crippen molar-refractivity contribution >= 4 is 16.6 Å². The molecule has 6 nitrogen and oxygen atoms in total. The second-order valence-corrected chi connectivity index (χ2v) is 7.22. The maximum Gasteiger partial charge on any atom is 0.387 e. The summed E-state index contributed by atoms with van der Waals surface area (Å²) in [4.78, 5) is 6.72. The molecule has 0 fully saturated rings. The number of nitrogens with zero attached hydrogens (tertiary/aromatic N) is 5. The van der Waals surface area contributed by atoms with Gasteiger partial charge in [0.15, 0.2) is 11.6 Å². The summed E-state index contributed by atoms with van der Waals surface area (Å²) < 4.78 is 32.1. The number of ether oxygens (including phenoxy) is 1. The molecule has 0 radical (unpaired) electrons. The van der Waals surface area contributed by atoms with Gasteiger partial charge in [-0.15, -0.1) is 10.2 Å². The van der Waals surface area contributed by atoms with Gasteiger partial charge in [0.2, 0.25) is 0 Å². The summed E-state index contributed by atoms with van der Waals surface area (Å²) in [5, 5.41) is 9.57. The van der Waals surface area contributed by atoms with Gasteiger partial charge in [-0.25, -0.2) is 0 Å². The molecule has 5 rings (SSSR count). The molecule has 8 heteroatoms. The minimum absolute atomic E-state index is 0.121. The molecule has 3 heterocycles. The number of rotatable bonds is 4. The van der Waals surface area contributed by atoms with Crippen molar-refractivity contribution in [2.75, 3.05) is 11.4 Å². The first-order valence-electron chi connectivity index (χ1n) is 9.67. The molecule has 0 bridgehead atoms. The molecule has 152 valence electrons. The molecule has 0 saturated heterocycles. The quantitative estimate of drug-likeness (QED) is 0.501. The SMILES string of the molecule is Cc1cc(N2CCn3c(nnc3-c3ccccc3)C2)c2cc(OC(F)F)ccc2n1. The van der Waals surface area contributed by atoms with Crippen LogP contribution in [0.4, 0.5) is 14.5 Å². The van der Waals surface area contributed by atoms with Crippen molar-refractivity contribution in [3.05, 3.63) is 66.1 Å². The molecule has 30 heavy (non-hydrogen) atoms. The largest absolute Gasteiger partial charge is 0.435 e. The van der Waals surface area contributed by atoms with E-state index in [2.05, 4.69) is 29.4 Å². The molecule has 2 aromatic carbocycles. The lowest BCUT2D eigenvalue weighted by atomic mass is 10.1. The van der Waals surface area contributed by atoms with E-state index in [1.165, 1.54) is 6.07 Å². The topological polar surface area (TPSA) is 56.1 Å². The monoisotopic (exact) mass is 407 g/mol. The second kappa shape index (κ2) is 7.37. The van der Waals surface area contributed by atoms with Crippen LogP contribution in [0.3, 0.4) is 0 Å². The van der Waals surface area contributed by atoms with Crippen molar-refractivity contribution in [3.63, 3.8) is 0 Å². The van der Waals surface area contributed by atoms with Crippen LogP contribution >= 0.6 is 0 Å². The average molecular weight is 407 g/mol. The fraction of sp³-hybridized carbons (Fsp3) is 0.227. The molecular weight excluding hydrogens is 388 g/mol. The normalized spacial score (nSPS) is 13.7. The number of benzene rings is 2. The van der Waals surface area contributed by atoms with Gasteiger partial charge in [-0.1, -0.05) is 30.3 Å². The molecule has 2 aromatic heterocycles. The third-order valence-corrected chi connectivity index (χ3v) is 5.24. The molecule has 0 saturated carbocycles. The van der Waals surface area contributed by atoms with E-state index >= 15 is 0 Å². The summed E-state index contributed by atoms with van der Waals surface area (Å²) in [6.07, 6.45) is 0. The number of pyridine rings is 1. The number of aromatic nitrogens is 4. The van der Waals surface area contributed by atoms with Gasteiger partial charge in [0.05, 0.1) is 12.1 Å². The summed E-state index contributed by atoms with van der Waals surface area (Å²) in [6.45, 7) is 1.09. The van der Waals surface area contributed by atoms with Gasteiger partial charge in [0, 0.05) is 35.4 Å². The molecule has 4 aromatic rings. The lowest BCUT2D eigenvalue weighted by molar-refractivity contribution is -0.0497. The Bertz CT molecular complexity index is 1210. The summed E-state index contributed by atoms with van der Waals surface area (Å²) in [6, 6.07) is 16.8. The molecule has 0 atom stereocenters. The number of alkyl halides is 2. The Kier molecular flexibility index (Phi) is 4.54. The Morgan fingerprint density at radius 1 is 1.00 bits per heavy atom. The summed E-state index contributed by atoms with van der Waals surface area (Å²) in [7, 11) is 0. The van der Waals surface area contributed by atoms with E-state index in [0.29, 0.717) is 6.54 Å². The zero-order valence-electron chi connectivity index (χ0n) is 16.3. The Hall–Kier alpha value is -3.55. The summed E-state index contributed by atoms with van der Waals surface area (Å²) in [5.41, 5.74) is 3.55. The fourth-order valence-corrected chi connectivity index (χ4v) is 3.92. The van der Waals surface area contributed by atoms with Crippen molar-refractivity contribution in [1.82, 2.24) is 19.7 Å². The molecule has 0 aliphatic carbocycles. The van der Waals surface area contributed by atoms with E-state index in [-0.39, 0.29) is 5.75 Å². The van der Waals surface area contributed by atoms with Gasteiger partial charge < -0.3 is 14.2 Å². The third-order valence-electron chi connectivity index (χ3n) is 5.24. The van der Waals surface area contributed by atoms with Crippen LogP contribution in [0.25, 0.3) is 22.3 Å². The van der Waals surface area contributed by atoms with Crippen molar-refractivity contribution < 1.29 is 13.5 Å². The van der Waals surface area contributed by atoms with E-state index in [0.717, 1.165) is 52.6 Å². The molecule has 1 aliphatic rings. The van der Waals surface area contributed by atoms with Gasteiger partial charge in [-0.05, 0) is 31.2 Å². The Morgan fingerprint density at radius 2 is 1.83 bits per heavy atom. The van der Waals surface area contributed by atoms with Crippen LogP contribution in [0.1, 0.15) is 11.5 Å². The molecule has 0 spiro atoms. The molecule has 0 N–H and O–H groups in total. The number of halogens is 2. The van der Waals surface area contributed by atoms with Gasteiger partial charge in [-0.2, -0.15) is 8.78 Å². The zero-order chi connectivity index (χ0) is 20.7. The van der Waals surface area contributed by atoms with Crippen molar-refractivity contribution in [1.29, 1.82) is 0 Å². The van der Waals surface area contributed by atoms with E-state index in [4.69, 9.17) is 0 Å². The van der Waals surface area contributed by atoms with Crippen LogP contribution in [0.2, 0.25) is 0 Å². The first-order chi connectivity index (χ1) is 14.6. The van der Waals surface area contributed by atoms with E-state index in [9.17, 15) is 8.78 Å². The molecule has 0 unspecified atom stereocenters. The average Bonchev–Trinajstić information content (AvgIpc) is 3.17. The lowest BCUT2D eigenvalue weighted by Gasteiger charge is -2.31. The van der Waals surface area contributed by atoms with Gasteiger partial charge in [0.1, 0.15) is 5.75 Å². The smallest absolute Gasteiger partial charge is 0.387 e. The Morgan fingerprint density at radius 3 is 2.63 bits per heavy atom. The maximum absolute atomic E-state index is 12.7. The van der Waals surface area contributed by atoms with Crippen LogP contribution in [0.15, 0.2) is 54.6 Å². The third kappa shape index (κ3) is 3.34. The first kappa shape index (κ1) is 18.5. The second-order valence-electron chi connectivity index (χ2n) is 7.22. The highest BCUT2D eigenvalue weighted by atomic mass is 19.3. The highest BCUT2D eigenvalue weighted by Gasteiger charge is 2.24. The minimum atomic E-state index is -2.87. The predicted octanol–water partition coefficient (Wildman–Crippen LogP) is 4.42. The van der Waals surface area contributed by atoms with Crippen LogP contribution in [0, 0.1) is 6.92 Å². The molecule has 1 aliphatic heterocycles. The Balaban J connectivity index is 1.52. The number of fused-ring (bicyclic) bond motifs is 2. The summed E-state index contributed by atoms with van der Waals surface area (Å²) >= 11 is 0. The fourth-order valence-electron chi connectivity index (χ4n) is 3.92. The number of hydrogen-bond acceptors (Lipinski definition) is 5. The first-order valence-corrected chi connectivity index (χ1v) is 9.67. The standard InChI is InChI=1S/C22H19F2N5O/c1-14-11-19(17-12-16(30-22(23)24)7-8-18(17)25-14)28-9-10-29-20(13-28)26-27-21(29)15-5-3-2-4-6-15/h2-8,11-12,22H,9-10,13H2,1H3. The van der Waals surface area contributed by atoms with Crippen LogP contribution in [0.5, 0.6) is 5.75 Å². The highest BCUT2D eigenvalue weighted by molar-refractivity contribution is 5.93. The van der Waals surface area contributed by atoms with Crippen LogP contribution < -0.4 is 9.64 Å². The highest BCUT2D eigenvalue weighted by Crippen LogP contribution is 2.33. The number of anilines is 1. The van der Waals surface area contributed by atoms with E-state index in [1.54, 1.807) is 12.1 Å². The van der Waals surface area contributed by atoms with Crippen molar-refractivity contribution in [2.45, 2.75) is 26.6 Å². The van der Waals surface area contributed by atoms with Gasteiger partial charge in [0.25, 0.3) is 0 Å². The van der Waals surface area contributed by atoms with Crippen molar-refractivity contribution in [3.8, 4) is 17.1 Å². The van der Waals surface area contributed by atoms with Crippen LogP contribution in [-0.2, 0) is 13.1 Å². The van der Waals surface area contributed by atoms with Crippen molar-refractivity contribution in [2.24, 2.45) is 0 Å². The predicted molar refractivity (Wildman–Crippen MR) is 110 cm³/mol. The minimum Gasteiger partial charge on any atom is -0.435 e. The maximum atomic E-state index is 12.7.